The number of aryl methyl sites for hydroxylation is 2. The van der Waals surface area contributed by atoms with Crippen LogP contribution in [-0.4, -0.2) is 74.7 Å². The van der Waals surface area contributed by atoms with E-state index in [0.29, 0.717) is 37.2 Å². The lowest BCUT2D eigenvalue weighted by molar-refractivity contribution is -0.277. The molecule has 6 atom stereocenters. The minimum atomic E-state index is -1.56. The van der Waals surface area contributed by atoms with Crippen LogP contribution in [0, 0.1) is 0 Å². The number of aliphatic hydroxyl groups is 5. The third-order valence-electron chi connectivity index (χ3n) is 6.17. The number of ketones is 1. The molecule has 0 radical (unpaired) electrons. The summed E-state index contributed by atoms with van der Waals surface area (Å²) in [6.07, 6.45) is -5.85. The third-order valence-corrected chi connectivity index (χ3v) is 6.17. The van der Waals surface area contributed by atoms with E-state index in [2.05, 4.69) is 0 Å². The maximum Gasteiger partial charge on any atom is 0.229 e. The molecule has 3 heterocycles. The van der Waals surface area contributed by atoms with Gasteiger partial charge in [0.05, 0.1) is 12.7 Å². The van der Waals surface area contributed by atoms with Gasteiger partial charge in [0, 0.05) is 12.8 Å². The first-order chi connectivity index (χ1) is 16.3. The molecule has 184 valence electrons. The highest BCUT2D eigenvalue weighted by Crippen LogP contribution is 2.36. The molecular weight excluding hydrogens is 444 g/mol. The molecule has 0 aromatic heterocycles. The van der Waals surface area contributed by atoms with Crippen LogP contribution in [0.2, 0.25) is 0 Å². The fourth-order valence-corrected chi connectivity index (χ4v) is 4.11. The third kappa shape index (κ3) is 5.75. The Hall–Kier alpha value is -2.53. The topological polar surface area (TPSA) is 146 Å². The molecule has 0 spiro atoms. The highest BCUT2D eigenvalue weighted by Gasteiger charge is 2.45. The lowest BCUT2D eigenvalue weighted by Crippen LogP contribution is -2.60. The average molecular weight is 475 g/mol. The van der Waals surface area contributed by atoms with E-state index < -0.39 is 43.4 Å². The Morgan fingerprint density at radius 1 is 0.882 bits per heavy atom. The van der Waals surface area contributed by atoms with Crippen LogP contribution in [-0.2, 0) is 22.4 Å². The Bertz CT molecular complexity index is 975. The van der Waals surface area contributed by atoms with Crippen molar-refractivity contribution in [2.24, 2.45) is 0 Å². The number of Topliss-reactive ketones (excluding diaryl/α,β-unsaturated/α-hetero) is 1. The van der Waals surface area contributed by atoms with E-state index in [0.717, 1.165) is 11.1 Å². The smallest absolute Gasteiger partial charge is 0.229 e. The van der Waals surface area contributed by atoms with Gasteiger partial charge in [-0.2, -0.15) is 0 Å². The van der Waals surface area contributed by atoms with Crippen molar-refractivity contribution in [3.05, 3.63) is 53.6 Å². The van der Waals surface area contributed by atoms with E-state index in [4.69, 9.17) is 14.2 Å². The summed E-state index contributed by atoms with van der Waals surface area (Å²) in [5.74, 6) is 1.09. The number of benzene rings is 2. The highest BCUT2D eigenvalue weighted by atomic mass is 16.7. The van der Waals surface area contributed by atoms with Crippen LogP contribution in [0.15, 0.2) is 42.5 Å². The predicted octanol–water partition coefficient (Wildman–Crippen LogP) is 0.856. The molecule has 0 aliphatic carbocycles. The maximum atomic E-state index is 12.2. The van der Waals surface area contributed by atoms with Gasteiger partial charge < -0.3 is 39.7 Å². The summed E-state index contributed by atoms with van der Waals surface area (Å²) in [5, 5.41) is 50.1. The summed E-state index contributed by atoms with van der Waals surface area (Å²) in [6, 6.07) is 12.4. The molecule has 3 aliphatic heterocycles. The molecule has 1 fully saturated rings. The van der Waals surface area contributed by atoms with Gasteiger partial charge >= 0.3 is 0 Å². The van der Waals surface area contributed by atoms with E-state index in [9.17, 15) is 30.3 Å². The fourth-order valence-electron chi connectivity index (χ4n) is 4.11. The van der Waals surface area contributed by atoms with Crippen molar-refractivity contribution in [3.63, 3.8) is 0 Å². The largest absolute Gasteiger partial charge is 0.458 e. The van der Waals surface area contributed by atoms with Crippen LogP contribution in [0.3, 0.4) is 0 Å². The number of hydrogen-bond acceptors (Lipinski definition) is 9. The fraction of sp³-hybridized carbons (Fsp3) is 0.480. The molecule has 0 saturated carbocycles. The number of rotatable bonds is 3. The first kappa shape index (κ1) is 24.6. The van der Waals surface area contributed by atoms with Gasteiger partial charge in [0.25, 0.3) is 0 Å². The standard InChI is InChI=1S/C25H30O9/c26-13-21-22(29)23(30)24(31)25(34-21)33-19-10-5-15-2-7-17(28)12-16(27)6-1-14-3-8-18(9-4-14)32-20(19)11-15/h3-5,8-11,17,21-26,28-31H,1-2,6-7,12-13H2. The number of carbonyl (C=O) groups excluding carboxylic acids is 1. The minimum Gasteiger partial charge on any atom is -0.458 e. The van der Waals surface area contributed by atoms with Crippen molar-refractivity contribution in [1.82, 2.24) is 0 Å². The lowest BCUT2D eigenvalue weighted by atomic mass is 9.99. The Morgan fingerprint density at radius 3 is 2.35 bits per heavy atom. The van der Waals surface area contributed by atoms with Crippen LogP contribution in [0.1, 0.15) is 30.4 Å². The highest BCUT2D eigenvalue weighted by molar-refractivity contribution is 5.79. The quantitative estimate of drug-likeness (QED) is 0.437. The normalized spacial score (nSPS) is 30.2. The minimum absolute atomic E-state index is 0.0201. The van der Waals surface area contributed by atoms with E-state index in [-0.39, 0.29) is 18.0 Å². The zero-order valence-electron chi connectivity index (χ0n) is 18.6. The molecule has 5 N–H and O–H groups in total. The number of aliphatic hydroxyl groups excluding tert-OH is 5. The average Bonchev–Trinajstić information content (AvgIpc) is 2.83. The van der Waals surface area contributed by atoms with Gasteiger partial charge in [-0.1, -0.05) is 18.2 Å². The number of hydrogen-bond donors (Lipinski definition) is 5. The predicted molar refractivity (Wildman–Crippen MR) is 120 cm³/mol. The van der Waals surface area contributed by atoms with Crippen LogP contribution < -0.4 is 9.47 Å². The summed E-state index contributed by atoms with van der Waals surface area (Å²) in [7, 11) is 0. The van der Waals surface area contributed by atoms with Gasteiger partial charge in [-0.3, -0.25) is 4.79 Å². The molecule has 2 aromatic rings. The Balaban J connectivity index is 1.61. The van der Waals surface area contributed by atoms with Crippen LogP contribution >= 0.6 is 0 Å². The van der Waals surface area contributed by atoms with Crippen molar-refractivity contribution < 1.29 is 44.5 Å². The molecule has 1 saturated heterocycles. The molecule has 6 unspecified atom stereocenters. The summed E-state index contributed by atoms with van der Waals surface area (Å²) >= 11 is 0. The number of carbonyl (C=O) groups is 1. The van der Waals surface area contributed by atoms with E-state index in [1.165, 1.54) is 0 Å². The first-order valence-corrected chi connectivity index (χ1v) is 11.4. The summed E-state index contributed by atoms with van der Waals surface area (Å²) in [5.41, 5.74) is 1.81. The van der Waals surface area contributed by atoms with Crippen molar-refractivity contribution in [2.75, 3.05) is 6.61 Å². The molecule has 34 heavy (non-hydrogen) atoms. The van der Waals surface area contributed by atoms with Gasteiger partial charge in [0.1, 0.15) is 35.9 Å². The van der Waals surface area contributed by atoms with Gasteiger partial charge in [-0.05, 0) is 54.7 Å². The van der Waals surface area contributed by atoms with Gasteiger partial charge in [-0.15, -0.1) is 0 Å². The molecule has 4 bridgehead atoms. The zero-order valence-corrected chi connectivity index (χ0v) is 18.6. The second-order valence-electron chi connectivity index (χ2n) is 8.78. The zero-order chi connectivity index (χ0) is 24.2. The van der Waals surface area contributed by atoms with Crippen LogP contribution in [0.5, 0.6) is 17.2 Å². The Morgan fingerprint density at radius 2 is 1.62 bits per heavy atom. The molecule has 9 nitrogen and oxygen atoms in total. The number of ether oxygens (including phenoxy) is 3. The number of fused-ring (bicyclic) bond motifs is 8. The van der Waals surface area contributed by atoms with Crippen molar-refractivity contribution in [2.45, 2.75) is 68.9 Å². The summed E-state index contributed by atoms with van der Waals surface area (Å²) < 4.78 is 17.3. The van der Waals surface area contributed by atoms with Crippen molar-refractivity contribution in [3.8, 4) is 17.2 Å². The van der Waals surface area contributed by atoms with E-state index in [1.807, 2.05) is 12.1 Å². The molecular formula is C25H30O9. The van der Waals surface area contributed by atoms with Gasteiger partial charge in [-0.25, -0.2) is 0 Å². The Labute approximate surface area is 197 Å². The van der Waals surface area contributed by atoms with Crippen LogP contribution in [0.4, 0.5) is 0 Å². The SMILES string of the molecule is O=C1CCc2ccc(cc2)Oc2cc(ccc2OC2OC(CO)C(O)C(O)C2O)CCC(O)C1. The molecule has 0 amide bonds. The molecule has 5 rings (SSSR count). The van der Waals surface area contributed by atoms with E-state index >= 15 is 0 Å². The summed E-state index contributed by atoms with van der Waals surface area (Å²) in [4.78, 5) is 12.2. The van der Waals surface area contributed by atoms with Crippen molar-refractivity contribution >= 4 is 5.78 Å². The molecule has 9 heteroatoms. The van der Waals surface area contributed by atoms with Gasteiger partial charge in [0.15, 0.2) is 11.5 Å². The Kier molecular flexibility index (Phi) is 7.82. The summed E-state index contributed by atoms with van der Waals surface area (Å²) in [6.45, 7) is -0.565. The van der Waals surface area contributed by atoms with Crippen LogP contribution in [0.25, 0.3) is 0 Å². The lowest BCUT2D eigenvalue weighted by Gasteiger charge is -2.39. The second-order valence-corrected chi connectivity index (χ2v) is 8.78. The monoisotopic (exact) mass is 474 g/mol. The van der Waals surface area contributed by atoms with Crippen molar-refractivity contribution in [1.29, 1.82) is 0 Å². The van der Waals surface area contributed by atoms with Gasteiger partial charge in [0.2, 0.25) is 6.29 Å². The second kappa shape index (κ2) is 10.8. The molecule has 3 aliphatic rings. The molecule has 2 aromatic carbocycles. The van der Waals surface area contributed by atoms with E-state index in [1.54, 1.807) is 30.3 Å². The maximum absolute atomic E-state index is 12.2. The first-order valence-electron chi connectivity index (χ1n) is 11.4.